The van der Waals surface area contributed by atoms with Gasteiger partial charge >= 0.3 is 5.97 Å². The SMILES string of the molecule is CC(C)(C)CONC=C1C(C(=O)O)C1(C)C. The Morgan fingerprint density at radius 1 is 1.56 bits per heavy atom. The molecule has 1 saturated carbocycles. The summed E-state index contributed by atoms with van der Waals surface area (Å²) in [5.74, 6) is -1.15. The maximum atomic E-state index is 10.9. The molecule has 0 amide bonds. The maximum Gasteiger partial charge on any atom is 0.311 e. The van der Waals surface area contributed by atoms with Crippen LogP contribution in [0.3, 0.4) is 0 Å². The Balaban J connectivity index is 2.40. The fourth-order valence-corrected chi connectivity index (χ4v) is 1.65. The van der Waals surface area contributed by atoms with Crippen LogP contribution < -0.4 is 5.48 Å². The molecule has 0 aliphatic heterocycles. The molecule has 1 aliphatic rings. The summed E-state index contributed by atoms with van der Waals surface area (Å²) in [6.45, 7) is 10.6. The molecule has 0 aromatic heterocycles. The van der Waals surface area contributed by atoms with E-state index >= 15 is 0 Å². The van der Waals surface area contributed by atoms with Crippen LogP contribution in [0.2, 0.25) is 0 Å². The van der Waals surface area contributed by atoms with Gasteiger partial charge in [-0.2, -0.15) is 0 Å². The molecule has 0 heterocycles. The highest BCUT2D eigenvalue weighted by atomic mass is 16.6. The van der Waals surface area contributed by atoms with E-state index in [1.165, 1.54) is 0 Å². The Bertz CT molecular complexity index is 313. The van der Waals surface area contributed by atoms with Crippen molar-refractivity contribution in [2.45, 2.75) is 34.6 Å². The van der Waals surface area contributed by atoms with Crippen molar-refractivity contribution in [2.75, 3.05) is 6.61 Å². The van der Waals surface area contributed by atoms with Gasteiger partial charge in [0.2, 0.25) is 0 Å². The molecule has 4 heteroatoms. The summed E-state index contributed by atoms with van der Waals surface area (Å²) in [5, 5.41) is 8.94. The summed E-state index contributed by atoms with van der Waals surface area (Å²) >= 11 is 0. The fourth-order valence-electron chi connectivity index (χ4n) is 1.65. The maximum absolute atomic E-state index is 10.9. The van der Waals surface area contributed by atoms with Crippen molar-refractivity contribution in [3.05, 3.63) is 11.8 Å². The Labute approximate surface area is 96.6 Å². The van der Waals surface area contributed by atoms with E-state index in [1.807, 2.05) is 13.8 Å². The number of hydrogen-bond acceptors (Lipinski definition) is 3. The van der Waals surface area contributed by atoms with Crippen molar-refractivity contribution >= 4 is 5.97 Å². The summed E-state index contributed by atoms with van der Waals surface area (Å²) in [4.78, 5) is 16.1. The summed E-state index contributed by atoms with van der Waals surface area (Å²) in [6.07, 6.45) is 1.67. The average molecular weight is 227 g/mol. The normalized spacial score (nSPS) is 25.6. The highest BCUT2D eigenvalue weighted by Crippen LogP contribution is 2.57. The molecular formula is C12H21NO3. The van der Waals surface area contributed by atoms with Gasteiger partial charge in [0.05, 0.1) is 12.5 Å². The van der Waals surface area contributed by atoms with Crippen LogP contribution in [0.1, 0.15) is 34.6 Å². The van der Waals surface area contributed by atoms with Crippen molar-refractivity contribution < 1.29 is 14.7 Å². The predicted molar refractivity (Wildman–Crippen MR) is 61.5 cm³/mol. The first-order chi connectivity index (χ1) is 7.16. The number of nitrogens with one attached hydrogen (secondary N) is 1. The average Bonchev–Trinajstić information content (AvgIpc) is 2.60. The second-order valence-electron chi connectivity index (χ2n) is 6.06. The van der Waals surface area contributed by atoms with Gasteiger partial charge in [0.25, 0.3) is 0 Å². The topological polar surface area (TPSA) is 58.6 Å². The lowest BCUT2D eigenvalue weighted by Gasteiger charge is -2.16. The molecule has 0 aromatic rings. The summed E-state index contributed by atoms with van der Waals surface area (Å²) in [7, 11) is 0. The van der Waals surface area contributed by atoms with Crippen molar-refractivity contribution in [2.24, 2.45) is 16.7 Å². The Hall–Kier alpha value is -1.03. The zero-order chi connectivity index (χ0) is 12.6. The Kier molecular flexibility index (Phi) is 3.33. The van der Waals surface area contributed by atoms with Gasteiger partial charge in [0, 0.05) is 11.6 Å². The third-order valence-electron chi connectivity index (χ3n) is 2.74. The van der Waals surface area contributed by atoms with Gasteiger partial charge in [-0.3, -0.25) is 15.1 Å². The van der Waals surface area contributed by atoms with Gasteiger partial charge in [-0.15, -0.1) is 0 Å². The number of carboxylic acid groups (broad SMARTS) is 1. The van der Waals surface area contributed by atoms with Gasteiger partial charge in [-0.05, 0) is 11.0 Å². The van der Waals surface area contributed by atoms with E-state index in [9.17, 15) is 4.79 Å². The summed E-state index contributed by atoms with van der Waals surface area (Å²) < 4.78 is 0. The van der Waals surface area contributed by atoms with E-state index < -0.39 is 5.97 Å². The quantitative estimate of drug-likeness (QED) is 0.571. The van der Waals surface area contributed by atoms with Crippen molar-refractivity contribution in [1.82, 2.24) is 5.48 Å². The third kappa shape index (κ3) is 2.98. The highest BCUT2D eigenvalue weighted by molar-refractivity contribution is 5.82. The second-order valence-corrected chi connectivity index (χ2v) is 6.06. The summed E-state index contributed by atoms with van der Waals surface area (Å²) in [5.41, 5.74) is 3.45. The number of hydrogen-bond donors (Lipinski definition) is 2. The van der Waals surface area contributed by atoms with Crippen LogP contribution in [0.25, 0.3) is 0 Å². The zero-order valence-electron chi connectivity index (χ0n) is 10.6. The molecule has 0 bridgehead atoms. The number of carbonyl (C=O) groups is 1. The molecule has 0 aromatic carbocycles. The molecule has 4 nitrogen and oxygen atoms in total. The lowest BCUT2D eigenvalue weighted by atomic mass is 9.99. The molecule has 0 radical (unpaired) electrons. The van der Waals surface area contributed by atoms with Crippen molar-refractivity contribution in [3.8, 4) is 0 Å². The second kappa shape index (κ2) is 4.09. The minimum atomic E-state index is -0.770. The minimum absolute atomic E-state index is 0.0940. The molecule has 16 heavy (non-hydrogen) atoms. The number of carboxylic acids is 1. The molecule has 92 valence electrons. The number of aliphatic carboxylic acids is 1. The van der Waals surface area contributed by atoms with Crippen molar-refractivity contribution in [1.29, 1.82) is 0 Å². The van der Waals surface area contributed by atoms with Gasteiger partial charge in [0.1, 0.15) is 0 Å². The lowest BCUT2D eigenvalue weighted by Crippen LogP contribution is -2.19. The first-order valence-corrected chi connectivity index (χ1v) is 5.47. The molecular weight excluding hydrogens is 206 g/mol. The minimum Gasteiger partial charge on any atom is -0.481 e. The van der Waals surface area contributed by atoms with Crippen LogP contribution >= 0.6 is 0 Å². The molecule has 2 N–H and O–H groups in total. The monoisotopic (exact) mass is 227 g/mol. The first-order valence-electron chi connectivity index (χ1n) is 5.47. The summed E-state index contributed by atoms with van der Waals surface area (Å²) in [6, 6.07) is 0. The first kappa shape index (κ1) is 13.0. The smallest absolute Gasteiger partial charge is 0.311 e. The van der Waals surface area contributed by atoms with Crippen molar-refractivity contribution in [3.63, 3.8) is 0 Å². The molecule has 1 atom stereocenters. The van der Waals surface area contributed by atoms with E-state index in [4.69, 9.17) is 9.94 Å². The van der Waals surface area contributed by atoms with Gasteiger partial charge in [-0.25, -0.2) is 0 Å². The third-order valence-corrected chi connectivity index (χ3v) is 2.74. The molecule has 1 aliphatic carbocycles. The highest BCUT2D eigenvalue weighted by Gasteiger charge is 2.57. The Morgan fingerprint density at radius 3 is 2.50 bits per heavy atom. The van der Waals surface area contributed by atoms with Crippen LogP contribution in [-0.2, 0) is 9.63 Å². The van der Waals surface area contributed by atoms with E-state index in [0.29, 0.717) is 6.61 Å². The number of hydroxylamine groups is 1. The predicted octanol–water partition coefficient (Wildman–Crippen LogP) is 2.18. The van der Waals surface area contributed by atoms with Gasteiger partial charge < -0.3 is 5.11 Å². The van der Waals surface area contributed by atoms with Crippen LogP contribution in [-0.4, -0.2) is 17.7 Å². The van der Waals surface area contributed by atoms with E-state index in [1.54, 1.807) is 6.20 Å². The largest absolute Gasteiger partial charge is 0.481 e. The van der Waals surface area contributed by atoms with E-state index in [0.717, 1.165) is 5.57 Å². The van der Waals surface area contributed by atoms with Crippen LogP contribution in [0.4, 0.5) is 0 Å². The van der Waals surface area contributed by atoms with Gasteiger partial charge in [-0.1, -0.05) is 34.6 Å². The van der Waals surface area contributed by atoms with Crippen LogP contribution in [0.15, 0.2) is 11.8 Å². The molecule has 0 spiro atoms. The van der Waals surface area contributed by atoms with Crippen LogP contribution in [0.5, 0.6) is 0 Å². The lowest BCUT2D eigenvalue weighted by molar-refractivity contribution is -0.139. The van der Waals surface area contributed by atoms with Gasteiger partial charge in [0.15, 0.2) is 0 Å². The fraction of sp³-hybridized carbons (Fsp3) is 0.750. The van der Waals surface area contributed by atoms with E-state index in [-0.39, 0.29) is 16.7 Å². The van der Waals surface area contributed by atoms with Crippen LogP contribution in [0, 0.1) is 16.7 Å². The standard InChI is InChI=1S/C12H21NO3/c1-11(2,3)7-16-13-6-8-9(10(14)15)12(8,4)5/h6,9,13H,7H2,1-5H3,(H,14,15). The molecule has 1 rings (SSSR count). The number of rotatable bonds is 4. The molecule has 1 fully saturated rings. The van der Waals surface area contributed by atoms with E-state index in [2.05, 4.69) is 26.3 Å². The zero-order valence-corrected chi connectivity index (χ0v) is 10.6. The molecule has 1 unspecified atom stereocenters. The Morgan fingerprint density at radius 2 is 2.12 bits per heavy atom. The molecule has 0 saturated heterocycles.